The highest BCUT2D eigenvalue weighted by Gasteiger charge is 2.17. The Morgan fingerprint density at radius 2 is 1.81 bits per heavy atom. The van der Waals surface area contributed by atoms with Crippen LogP contribution < -0.4 is 10.9 Å². The Bertz CT molecular complexity index is 1680. The van der Waals surface area contributed by atoms with Gasteiger partial charge in [0.25, 0.3) is 5.56 Å². The maximum atomic E-state index is 13.0. The van der Waals surface area contributed by atoms with E-state index in [9.17, 15) is 14.4 Å². The summed E-state index contributed by atoms with van der Waals surface area (Å²) in [5.74, 6) is -0.597. The van der Waals surface area contributed by atoms with Crippen molar-refractivity contribution in [3.05, 3.63) is 110 Å². The van der Waals surface area contributed by atoms with Crippen LogP contribution in [0, 0.1) is 6.92 Å². The fourth-order valence-corrected chi connectivity index (χ4v) is 5.66. The summed E-state index contributed by atoms with van der Waals surface area (Å²) in [7, 11) is 0. The van der Waals surface area contributed by atoms with Gasteiger partial charge in [0.05, 0.1) is 16.8 Å². The number of aryl methyl sites for hydroxylation is 1. The van der Waals surface area contributed by atoms with Gasteiger partial charge < -0.3 is 10.3 Å². The molecule has 3 aromatic carbocycles. The number of ketones is 1. The second-order valence-electron chi connectivity index (χ2n) is 8.29. The zero-order valence-corrected chi connectivity index (χ0v) is 22.0. The van der Waals surface area contributed by atoms with Crippen LogP contribution in [0.4, 0.5) is 5.69 Å². The third-order valence-corrected chi connectivity index (χ3v) is 7.64. The summed E-state index contributed by atoms with van der Waals surface area (Å²) in [6.07, 6.45) is 0. The molecule has 0 aliphatic carbocycles. The lowest BCUT2D eigenvalue weighted by Gasteiger charge is -2.11. The highest BCUT2D eigenvalue weighted by Crippen LogP contribution is 2.32. The number of nitrogens with zero attached hydrogens (tertiary/aromatic N) is 1. The van der Waals surface area contributed by atoms with E-state index in [0.29, 0.717) is 37.2 Å². The summed E-state index contributed by atoms with van der Waals surface area (Å²) < 4.78 is 0. The zero-order valence-electron chi connectivity index (χ0n) is 19.6. The Hall–Kier alpha value is -3.72. The molecule has 0 aliphatic rings. The first-order valence-corrected chi connectivity index (χ1v) is 13.5. The van der Waals surface area contributed by atoms with Crippen LogP contribution in [0.15, 0.2) is 88.1 Å². The summed E-state index contributed by atoms with van der Waals surface area (Å²) in [5, 5.41) is 5.98. The number of H-pyrrole nitrogens is 1. The van der Waals surface area contributed by atoms with Crippen LogP contribution in [0.1, 0.15) is 21.5 Å². The van der Waals surface area contributed by atoms with E-state index in [4.69, 9.17) is 11.6 Å². The van der Waals surface area contributed by atoms with Gasteiger partial charge >= 0.3 is 0 Å². The topological polar surface area (TPSA) is 91.9 Å². The van der Waals surface area contributed by atoms with Crippen LogP contribution in [0.25, 0.3) is 21.3 Å². The first-order valence-electron chi connectivity index (χ1n) is 11.3. The summed E-state index contributed by atoms with van der Waals surface area (Å²) in [6.45, 7) is 2.01. The maximum Gasteiger partial charge on any atom is 0.260 e. The van der Waals surface area contributed by atoms with Gasteiger partial charge in [0.15, 0.2) is 10.9 Å². The number of hydrogen-bond donors (Lipinski definition) is 2. The number of fused-ring (bicyclic) bond motifs is 1. The molecule has 0 saturated carbocycles. The van der Waals surface area contributed by atoms with E-state index in [1.165, 1.54) is 17.4 Å². The number of carbonyl (C=O) groups excluding carboxylic acids is 2. The fraction of sp³-hybridized carbons (Fsp3) is 0.0714. The highest BCUT2D eigenvalue weighted by molar-refractivity contribution is 7.99. The average molecular weight is 546 g/mol. The lowest BCUT2D eigenvalue weighted by Crippen LogP contribution is -2.17. The number of aromatic amines is 1. The highest BCUT2D eigenvalue weighted by atomic mass is 35.5. The number of anilines is 1. The van der Waals surface area contributed by atoms with Crippen molar-refractivity contribution >= 4 is 62.3 Å². The summed E-state index contributed by atoms with van der Waals surface area (Å²) in [4.78, 5) is 46.6. The van der Waals surface area contributed by atoms with E-state index in [1.807, 2.05) is 42.6 Å². The maximum absolute atomic E-state index is 13.0. The van der Waals surface area contributed by atoms with Crippen molar-refractivity contribution in [2.24, 2.45) is 0 Å². The molecule has 0 unspecified atom stereocenters. The van der Waals surface area contributed by atoms with Gasteiger partial charge in [-0.1, -0.05) is 83.5 Å². The van der Waals surface area contributed by atoms with Gasteiger partial charge in [-0.3, -0.25) is 14.4 Å². The predicted octanol–water partition coefficient (Wildman–Crippen LogP) is 6.58. The van der Waals surface area contributed by atoms with Crippen molar-refractivity contribution < 1.29 is 9.59 Å². The average Bonchev–Trinajstić information content (AvgIpc) is 3.34. The van der Waals surface area contributed by atoms with Gasteiger partial charge in [-0.2, -0.15) is 0 Å². The number of hydrogen-bond acceptors (Lipinski definition) is 6. The van der Waals surface area contributed by atoms with Crippen LogP contribution in [-0.4, -0.2) is 27.4 Å². The standard InChI is InChI=1S/C28H20ClN3O3S2/c1-16-7-9-17(10-8-16)21-14-36-27-24(21)26(35)31-28(32-27)37-15-23(33)30-22-12-11-19(29)13-20(22)25(34)18-5-3-2-4-6-18/h2-14H,15H2,1H3,(H,30,33)(H,31,32,35). The Balaban J connectivity index is 1.32. The van der Waals surface area contributed by atoms with Gasteiger partial charge in [-0.05, 0) is 30.7 Å². The van der Waals surface area contributed by atoms with Crippen LogP contribution in [0.3, 0.4) is 0 Å². The van der Waals surface area contributed by atoms with Crippen molar-refractivity contribution in [1.29, 1.82) is 0 Å². The molecule has 0 spiro atoms. The van der Waals surface area contributed by atoms with Crippen molar-refractivity contribution in [2.75, 3.05) is 11.1 Å². The number of nitrogens with one attached hydrogen (secondary N) is 2. The van der Waals surface area contributed by atoms with E-state index < -0.39 is 0 Å². The monoisotopic (exact) mass is 545 g/mol. The number of benzene rings is 3. The summed E-state index contributed by atoms with van der Waals surface area (Å²) in [6, 6.07) is 21.5. The summed E-state index contributed by atoms with van der Waals surface area (Å²) in [5.41, 5.74) is 3.83. The molecule has 2 heterocycles. The quantitative estimate of drug-likeness (QED) is 0.137. The van der Waals surface area contributed by atoms with E-state index in [0.717, 1.165) is 28.5 Å². The second kappa shape index (κ2) is 10.7. The Morgan fingerprint density at radius 3 is 2.57 bits per heavy atom. The minimum Gasteiger partial charge on any atom is -0.325 e. The Labute approximate surface area is 225 Å². The van der Waals surface area contributed by atoms with Crippen molar-refractivity contribution in [2.45, 2.75) is 12.1 Å². The zero-order chi connectivity index (χ0) is 25.9. The smallest absolute Gasteiger partial charge is 0.260 e. The lowest BCUT2D eigenvalue weighted by atomic mass is 10.0. The lowest BCUT2D eigenvalue weighted by molar-refractivity contribution is -0.113. The number of rotatable bonds is 7. The molecular formula is C28H20ClN3O3S2. The number of thiophene rings is 1. The molecule has 2 N–H and O–H groups in total. The molecular weight excluding hydrogens is 526 g/mol. The SMILES string of the molecule is Cc1ccc(-c2csc3nc(SCC(=O)Nc4ccc(Cl)cc4C(=O)c4ccccc4)[nH]c(=O)c23)cc1. The van der Waals surface area contributed by atoms with E-state index in [2.05, 4.69) is 15.3 Å². The number of amides is 1. The second-order valence-corrected chi connectivity index (χ2v) is 10.5. The van der Waals surface area contributed by atoms with E-state index in [-0.39, 0.29) is 23.0 Å². The number of thioether (sulfide) groups is 1. The summed E-state index contributed by atoms with van der Waals surface area (Å²) >= 11 is 8.63. The molecule has 184 valence electrons. The largest absolute Gasteiger partial charge is 0.325 e. The molecule has 37 heavy (non-hydrogen) atoms. The molecule has 2 aromatic heterocycles. The molecule has 6 nitrogen and oxygen atoms in total. The van der Waals surface area contributed by atoms with Gasteiger partial charge in [0.2, 0.25) is 5.91 Å². The molecule has 5 rings (SSSR count). The van der Waals surface area contributed by atoms with Crippen LogP contribution in [0.5, 0.6) is 0 Å². The predicted molar refractivity (Wildman–Crippen MR) is 151 cm³/mol. The van der Waals surface area contributed by atoms with Crippen LogP contribution >= 0.6 is 34.7 Å². The molecule has 9 heteroatoms. The minimum absolute atomic E-state index is 0.00770. The molecule has 5 aromatic rings. The van der Waals surface area contributed by atoms with Crippen molar-refractivity contribution in [3.63, 3.8) is 0 Å². The normalized spacial score (nSPS) is 11.0. The molecule has 0 atom stereocenters. The van der Waals surface area contributed by atoms with Gasteiger partial charge in [-0.25, -0.2) is 4.98 Å². The third kappa shape index (κ3) is 5.51. The number of halogens is 1. The van der Waals surface area contributed by atoms with Gasteiger partial charge in [0, 0.05) is 27.1 Å². The minimum atomic E-state index is -0.344. The molecule has 0 bridgehead atoms. The Kier molecular flexibility index (Phi) is 7.23. The fourth-order valence-electron chi connectivity index (χ4n) is 3.82. The van der Waals surface area contributed by atoms with E-state index in [1.54, 1.807) is 36.4 Å². The van der Waals surface area contributed by atoms with Gasteiger partial charge in [0.1, 0.15) is 4.83 Å². The van der Waals surface area contributed by atoms with Crippen molar-refractivity contribution in [3.8, 4) is 11.1 Å². The molecule has 0 aliphatic heterocycles. The Morgan fingerprint density at radius 1 is 1.05 bits per heavy atom. The van der Waals surface area contributed by atoms with Crippen molar-refractivity contribution in [1.82, 2.24) is 9.97 Å². The third-order valence-electron chi connectivity index (χ3n) is 5.66. The molecule has 0 saturated heterocycles. The molecule has 0 radical (unpaired) electrons. The molecule has 0 fully saturated rings. The van der Waals surface area contributed by atoms with E-state index >= 15 is 0 Å². The van der Waals surface area contributed by atoms with Crippen LogP contribution in [-0.2, 0) is 4.79 Å². The number of carbonyl (C=O) groups is 2. The van der Waals surface area contributed by atoms with Gasteiger partial charge in [-0.15, -0.1) is 11.3 Å². The molecule has 1 amide bonds. The number of aromatic nitrogens is 2. The van der Waals surface area contributed by atoms with Crippen LogP contribution in [0.2, 0.25) is 5.02 Å². The first-order chi connectivity index (χ1) is 17.9. The first kappa shape index (κ1) is 25.0.